The molecular formula is C72H94Cl2N4O14S4. The number of amides is 2. The Morgan fingerprint density at radius 2 is 0.958 bits per heavy atom. The second-order valence-electron chi connectivity index (χ2n) is 30.2. The Morgan fingerprint density at radius 1 is 0.562 bits per heavy atom. The Labute approximate surface area is 578 Å². The van der Waals surface area contributed by atoms with Crippen LogP contribution in [-0.4, -0.2) is 139 Å². The van der Waals surface area contributed by atoms with Gasteiger partial charge in [0.2, 0.25) is 20.0 Å². The fourth-order valence-corrected chi connectivity index (χ4v) is 21.5. The van der Waals surface area contributed by atoms with Crippen molar-refractivity contribution < 1.29 is 62.9 Å². The van der Waals surface area contributed by atoms with E-state index in [0.717, 1.165) is 64.2 Å². The number of aryl methyl sites for hydroxylation is 2. The third-order valence-corrected chi connectivity index (χ3v) is 31.3. The van der Waals surface area contributed by atoms with Crippen LogP contribution in [0.15, 0.2) is 97.1 Å². The topological polar surface area (TPSA) is 260 Å². The average Bonchev–Trinajstić information content (AvgIpc) is 1.50. The molecule has 4 aliphatic carbocycles. The number of benzene rings is 4. The van der Waals surface area contributed by atoms with Crippen molar-refractivity contribution in [1.29, 1.82) is 0 Å². The highest BCUT2D eigenvalue weighted by molar-refractivity contribution is 7.93. The van der Waals surface area contributed by atoms with Gasteiger partial charge in [-0.25, -0.2) is 43.1 Å². The average molecular weight is 1440 g/mol. The molecule has 8 aliphatic rings. The molecule has 0 unspecified atom stereocenters. The van der Waals surface area contributed by atoms with Gasteiger partial charge in [0, 0.05) is 58.2 Å². The van der Waals surface area contributed by atoms with E-state index in [4.69, 9.17) is 32.7 Å². The Morgan fingerprint density at radius 3 is 1.32 bits per heavy atom. The van der Waals surface area contributed by atoms with E-state index in [2.05, 4.69) is 31.4 Å². The van der Waals surface area contributed by atoms with Crippen LogP contribution in [-0.2, 0) is 63.4 Å². The van der Waals surface area contributed by atoms with Crippen LogP contribution in [0.5, 0.6) is 11.5 Å². The van der Waals surface area contributed by atoms with Gasteiger partial charge in [-0.2, -0.15) is 0 Å². The number of anilines is 2. The van der Waals surface area contributed by atoms with E-state index in [1.54, 1.807) is 102 Å². The maximum atomic E-state index is 13.7. The molecule has 96 heavy (non-hydrogen) atoms. The first-order valence-electron chi connectivity index (χ1n) is 34.0. The van der Waals surface area contributed by atoms with Gasteiger partial charge in [-0.05, 0) is 251 Å². The summed E-state index contributed by atoms with van der Waals surface area (Å²) in [4.78, 5) is 31.8. The van der Waals surface area contributed by atoms with Gasteiger partial charge >= 0.3 is 0 Å². The molecule has 4 bridgehead atoms. The van der Waals surface area contributed by atoms with Gasteiger partial charge in [-0.15, -0.1) is 0 Å². The maximum absolute atomic E-state index is 13.7. The van der Waals surface area contributed by atoms with Gasteiger partial charge in [-0.1, -0.05) is 59.6 Å². The first kappa shape index (κ1) is 72.1. The summed E-state index contributed by atoms with van der Waals surface area (Å²) in [5.74, 6) is -0.441. The summed E-state index contributed by atoms with van der Waals surface area (Å²) in [6, 6.07) is 22.2. The van der Waals surface area contributed by atoms with Crippen LogP contribution < -0.4 is 28.7 Å². The van der Waals surface area contributed by atoms with E-state index in [0.29, 0.717) is 85.2 Å². The van der Waals surface area contributed by atoms with Crippen molar-refractivity contribution >= 4 is 86.1 Å². The molecule has 4 aromatic carbocycles. The van der Waals surface area contributed by atoms with Crippen LogP contribution in [0, 0.1) is 23.7 Å². The zero-order valence-corrected chi connectivity index (χ0v) is 60.7. The van der Waals surface area contributed by atoms with Gasteiger partial charge in [0.1, 0.15) is 11.5 Å². The minimum absolute atomic E-state index is 0.0399. The summed E-state index contributed by atoms with van der Waals surface area (Å²) in [5, 5.41) is 21.6. The van der Waals surface area contributed by atoms with Crippen molar-refractivity contribution in [1.82, 2.24) is 9.44 Å². The normalized spacial score (nSPS) is 29.8. The molecule has 4 aliphatic heterocycles. The first-order chi connectivity index (χ1) is 45.2. The van der Waals surface area contributed by atoms with E-state index in [9.17, 15) is 53.5 Å². The van der Waals surface area contributed by atoms with Crippen LogP contribution in [0.25, 0.3) is 0 Å². The number of sulfone groups is 2. The molecule has 0 saturated heterocycles. The number of hydrogen-bond donors (Lipinski definition) is 4. The summed E-state index contributed by atoms with van der Waals surface area (Å²) in [7, 11) is -15.7. The van der Waals surface area contributed by atoms with Gasteiger partial charge in [0.25, 0.3) is 11.8 Å². The highest BCUT2D eigenvalue weighted by Gasteiger charge is 2.47. The van der Waals surface area contributed by atoms with Crippen LogP contribution in [0.2, 0.25) is 10.0 Å². The summed E-state index contributed by atoms with van der Waals surface area (Å²) in [6.45, 7) is 13.0. The van der Waals surface area contributed by atoms with Crippen molar-refractivity contribution in [3.8, 4) is 11.5 Å². The molecule has 24 heteroatoms. The van der Waals surface area contributed by atoms with Crippen LogP contribution in [0.4, 0.5) is 11.4 Å². The predicted octanol–water partition coefficient (Wildman–Crippen LogP) is 11.2. The Kier molecular flexibility index (Phi) is 21.1. The van der Waals surface area contributed by atoms with E-state index in [1.165, 1.54) is 22.3 Å². The number of aliphatic hydroxyl groups excluding tert-OH is 2. The molecule has 4 aromatic rings. The number of nitrogens with one attached hydrogen (secondary N) is 2. The minimum Gasteiger partial charge on any atom is -0.490 e. The van der Waals surface area contributed by atoms with Gasteiger partial charge in [0.15, 0.2) is 19.7 Å². The Balaban J connectivity index is 0.000000195. The van der Waals surface area contributed by atoms with Crippen LogP contribution >= 0.6 is 23.2 Å². The molecule has 4 heterocycles. The molecule has 0 radical (unpaired) electrons. The number of ether oxygens (including phenoxy) is 2. The van der Waals surface area contributed by atoms with Crippen LogP contribution in [0.1, 0.15) is 174 Å². The molecule has 12 rings (SSSR count). The predicted molar refractivity (Wildman–Crippen MR) is 378 cm³/mol. The highest BCUT2D eigenvalue weighted by atomic mass is 35.5. The largest absolute Gasteiger partial charge is 0.490 e. The molecule has 4 N–H and O–H groups in total. The number of aliphatic hydroxyl groups is 2. The fourth-order valence-electron chi connectivity index (χ4n) is 15.6. The number of rotatable bonds is 6. The Bertz CT molecular complexity index is 3870. The summed E-state index contributed by atoms with van der Waals surface area (Å²) >= 11 is 12.8. The molecule has 10 atom stereocenters. The van der Waals surface area contributed by atoms with E-state index in [-0.39, 0.29) is 82.8 Å². The first-order valence-corrected chi connectivity index (χ1v) is 41.2. The highest BCUT2D eigenvalue weighted by Crippen LogP contribution is 2.50. The smallest absolute Gasteiger partial charge is 0.264 e. The van der Waals surface area contributed by atoms with Crippen molar-refractivity contribution in [2.75, 3.05) is 60.7 Å². The standard InChI is InChI=1S/2C36H47ClN2O7S2/c2*1-35(2,3)47(42,43)18-16-28-8-4-5-9-32(40)29-13-10-26(29)21-39-22-36(17-6-7-24-19-27(37)12-14-30(24)36)23-46-33-15-11-25(20-31(33)39)34(41)38-48(28,44)45/h2*5,9,11-12,14-15,19-20,26,28-29,32,40H,4,6-8,10,13,16-18,21-23H2,1-3H3,(H,38,41)/b2*9-5+/t26-,28+,29+,32-,36-;26-,28-,29+,32-,36-/m00/s1. The number of hydrogen-bond acceptors (Lipinski definition) is 16. The molecule has 2 spiro atoms. The number of sulfonamides is 2. The molecule has 0 aromatic heterocycles. The maximum Gasteiger partial charge on any atom is 0.264 e. The number of carbonyl (C=O) groups excluding carboxylic acids is 2. The minimum atomic E-state index is -4.26. The lowest BCUT2D eigenvalue weighted by molar-refractivity contribution is 0.0454. The Hall–Kier alpha value is -5.20. The fraction of sp³-hybridized carbons (Fsp3) is 0.583. The summed E-state index contributed by atoms with van der Waals surface area (Å²) < 4.78 is 122. The lowest BCUT2D eigenvalue weighted by Gasteiger charge is -2.45. The molecule has 2 saturated carbocycles. The third-order valence-electron chi connectivity index (χ3n) is 21.9. The lowest BCUT2D eigenvalue weighted by Crippen LogP contribution is -2.49. The molecular weight excluding hydrogens is 1340 g/mol. The van der Waals surface area contributed by atoms with E-state index >= 15 is 0 Å². The number of halogens is 2. The summed E-state index contributed by atoms with van der Waals surface area (Å²) in [5.41, 5.74) is 6.02. The third kappa shape index (κ3) is 15.4. The van der Waals surface area contributed by atoms with Crippen molar-refractivity contribution in [3.05, 3.63) is 141 Å². The molecule has 524 valence electrons. The second kappa shape index (κ2) is 28.1. The van der Waals surface area contributed by atoms with Crippen molar-refractivity contribution in [2.45, 2.75) is 187 Å². The number of carbonyl (C=O) groups is 2. The lowest BCUT2D eigenvalue weighted by atomic mass is 9.68. The van der Waals surface area contributed by atoms with Gasteiger partial charge in [0.05, 0.1) is 68.3 Å². The SMILES string of the molecule is CC(C)(C)S(=O)(=O)CC[C@@H]1CC/C=C/[C@H](O)[C@@H]2CC[C@H]2CN2C[C@@]3(CCCc4cc(Cl)ccc43)COc3ccc(cc32)C(=O)NS1(=O)=O.CC(C)(C)S(=O)(=O)CC[C@H]1CC/C=C/[C@H](O)[C@@H]2CC[C@H]2CN2C[C@@]3(CCCc4cc(Cl)ccc43)COc3ccc(cc32)C(=O)NS1(=O)=O. The monoisotopic (exact) mass is 1440 g/mol. The van der Waals surface area contributed by atoms with Crippen LogP contribution in [0.3, 0.4) is 0 Å². The molecule has 2 fully saturated rings. The quantitative estimate of drug-likeness (QED) is 0.131. The zero-order chi connectivity index (χ0) is 69.0. The summed E-state index contributed by atoms with van der Waals surface area (Å²) in [6.07, 6.45) is 15.6. The van der Waals surface area contributed by atoms with Gasteiger partial charge < -0.3 is 29.5 Å². The number of allylic oxidation sites excluding steroid dienone is 2. The molecule has 2 amide bonds. The van der Waals surface area contributed by atoms with Crippen molar-refractivity contribution in [3.63, 3.8) is 0 Å². The second-order valence-corrected chi connectivity index (χ2v) is 40.7. The van der Waals surface area contributed by atoms with E-state index in [1.807, 2.05) is 24.3 Å². The number of nitrogens with zero attached hydrogens (tertiary/aromatic N) is 2. The van der Waals surface area contributed by atoms with E-state index < -0.39 is 83.7 Å². The van der Waals surface area contributed by atoms with Crippen molar-refractivity contribution in [2.24, 2.45) is 23.7 Å². The number of fused-ring (bicyclic) bond motifs is 8. The van der Waals surface area contributed by atoms with Gasteiger partial charge in [-0.3, -0.25) is 9.59 Å². The zero-order valence-electron chi connectivity index (χ0n) is 55.9. The molecule has 18 nitrogen and oxygen atoms in total.